The van der Waals surface area contributed by atoms with Gasteiger partial charge in [-0.25, -0.2) is 5.01 Å². The Bertz CT molecular complexity index is 540. The molecule has 110 valence electrons. The number of hydrogen-bond donors (Lipinski definition) is 1. The molecule has 3 unspecified atom stereocenters. The molecule has 1 N–H and O–H groups in total. The van der Waals surface area contributed by atoms with Gasteiger partial charge in [0.25, 0.3) is 0 Å². The van der Waals surface area contributed by atoms with E-state index in [0.29, 0.717) is 11.8 Å². The third-order valence-electron chi connectivity index (χ3n) is 5.26. The molecule has 1 saturated carbocycles. The van der Waals surface area contributed by atoms with Crippen LogP contribution in [0, 0.1) is 17.8 Å². The van der Waals surface area contributed by atoms with Gasteiger partial charge in [0.2, 0.25) is 5.91 Å². The summed E-state index contributed by atoms with van der Waals surface area (Å²) in [5.41, 5.74) is 1.18. The van der Waals surface area contributed by atoms with Crippen molar-refractivity contribution in [2.24, 2.45) is 22.9 Å². The van der Waals surface area contributed by atoms with Crippen molar-refractivity contribution in [2.75, 3.05) is 13.1 Å². The Labute approximate surface area is 125 Å². The van der Waals surface area contributed by atoms with Crippen molar-refractivity contribution in [1.82, 2.24) is 10.3 Å². The zero-order chi connectivity index (χ0) is 14.2. The summed E-state index contributed by atoms with van der Waals surface area (Å²) in [5.74, 6) is 1.42. The molecular weight excluding hydrogens is 262 g/mol. The zero-order valence-electron chi connectivity index (χ0n) is 12.1. The third kappa shape index (κ3) is 2.18. The number of carbonyl (C=O) groups excluding carboxylic acids is 1. The number of hydrogen-bond acceptors (Lipinski definition) is 3. The first kappa shape index (κ1) is 13.0. The molecule has 2 aliphatic heterocycles. The molecule has 2 fully saturated rings. The van der Waals surface area contributed by atoms with E-state index in [-0.39, 0.29) is 17.9 Å². The molecule has 1 amide bonds. The summed E-state index contributed by atoms with van der Waals surface area (Å²) >= 11 is 0. The number of nitrogens with zero attached hydrogens (tertiary/aromatic N) is 2. The molecule has 1 aliphatic carbocycles. The minimum atomic E-state index is 0.0907. The van der Waals surface area contributed by atoms with Crippen LogP contribution in [0.2, 0.25) is 0 Å². The van der Waals surface area contributed by atoms with E-state index in [1.54, 1.807) is 5.01 Å². The fourth-order valence-electron chi connectivity index (χ4n) is 4.22. The predicted molar refractivity (Wildman–Crippen MR) is 81.7 cm³/mol. The summed E-state index contributed by atoms with van der Waals surface area (Å²) in [4.78, 5) is 13.0. The molecule has 0 spiro atoms. The Balaban J connectivity index is 1.57. The SMILES string of the molecule is O=C(C1C2CCC1CNC2)N1N=CCC1c1ccccc1. The van der Waals surface area contributed by atoms with Gasteiger partial charge in [0.1, 0.15) is 0 Å². The van der Waals surface area contributed by atoms with Crippen molar-refractivity contribution < 1.29 is 4.79 Å². The van der Waals surface area contributed by atoms with E-state index < -0.39 is 0 Å². The van der Waals surface area contributed by atoms with Crippen LogP contribution in [0.15, 0.2) is 35.4 Å². The second-order valence-electron chi connectivity index (χ2n) is 6.42. The summed E-state index contributed by atoms with van der Waals surface area (Å²) in [6, 6.07) is 10.4. The Morgan fingerprint density at radius 3 is 2.57 bits per heavy atom. The van der Waals surface area contributed by atoms with Gasteiger partial charge < -0.3 is 5.32 Å². The first-order chi connectivity index (χ1) is 10.3. The van der Waals surface area contributed by atoms with Gasteiger partial charge in [0.15, 0.2) is 0 Å². The van der Waals surface area contributed by atoms with Crippen LogP contribution in [-0.4, -0.2) is 30.2 Å². The molecule has 2 bridgehead atoms. The molecule has 0 aromatic heterocycles. The number of amides is 1. The maximum Gasteiger partial charge on any atom is 0.247 e. The molecular formula is C17H21N3O. The average Bonchev–Trinajstić information content (AvgIpc) is 3.11. The van der Waals surface area contributed by atoms with Gasteiger partial charge in [-0.1, -0.05) is 30.3 Å². The van der Waals surface area contributed by atoms with Crippen LogP contribution in [0.4, 0.5) is 0 Å². The van der Waals surface area contributed by atoms with Crippen LogP contribution >= 0.6 is 0 Å². The number of hydrazone groups is 1. The van der Waals surface area contributed by atoms with Crippen molar-refractivity contribution in [3.05, 3.63) is 35.9 Å². The van der Waals surface area contributed by atoms with Crippen molar-refractivity contribution in [2.45, 2.75) is 25.3 Å². The van der Waals surface area contributed by atoms with E-state index >= 15 is 0 Å². The van der Waals surface area contributed by atoms with Gasteiger partial charge in [0, 0.05) is 18.6 Å². The van der Waals surface area contributed by atoms with Crippen LogP contribution < -0.4 is 5.32 Å². The van der Waals surface area contributed by atoms with Crippen LogP contribution in [0.5, 0.6) is 0 Å². The number of rotatable bonds is 2. The van der Waals surface area contributed by atoms with Gasteiger partial charge in [-0.05, 0) is 43.3 Å². The predicted octanol–water partition coefficient (Wildman–Crippen LogP) is 2.19. The number of fused-ring (bicyclic) bond motifs is 2. The largest absolute Gasteiger partial charge is 0.316 e. The summed E-state index contributed by atoms with van der Waals surface area (Å²) in [6.45, 7) is 1.97. The van der Waals surface area contributed by atoms with E-state index in [9.17, 15) is 4.79 Å². The monoisotopic (exact) mass is 283 g/mol. The molecule has 1 aromatic rings. The molecule has 21 heavy (non-hydrogen) atoms. The van der Waals surface area contributed by atoms with E-state index in [4.69, 9.17) is 0 Å². The quantitative estimate of drug-likeness (QED) is 0.904. The van der Waals surface area contributed by atoms with E-state index in [1.165, 1.54) is 18.4 Å². The van der Waals surface area contributed by atoms with E-state index in [1.807, 2.05) is 24.4 Å². The third-order valence-corrected chi connectivity index (χ3v) is 5.26. The van der Waals surface area contributed by atoms with Gasteiger partial charge in [0.05, 0.1) is 6.04 Å². The fourth-order valence-corrected chi connectivity index (χ4v) is 4.22. The first-order valence-corrected chi connectivity index (χ1v) is 7.96. The van der Waals surface area contributed by atoms with Crippen molar-refractivity contribution in [3.63, 3.8) is 0 Å². The molecule has 3 atom stereocenters. The highest BCUT2D eigenvalue weighted by atomic mass is 16.2. The number of nitrogens with one attached hydrogen (secondary N) is 1. The van der Waals surface area contributed by atoms with Crippen molar-refractivity contribution in [1.29, 1.82) is 0 Å². The second kappa shape index (κ2) is 5.26. The zero-order valence-corrected chi connectivity index (χ0v) is 12.1. The molecule has 0 radical (unpaired) electrons. The fraction of sp³-hybridized carbons (Fsp3) is 0.529. The topological polar surface area (TPSA) is 44.7 Å². The molecule has 4 nitrogen and oxygen atoms in total. The van der Waals surface area contributed by atoms with E-state index in [0.717, 1.165) is 19.5 Å². The normalized spacial score (nSPS) is 34.4. The van der Waals surface area contributed by atoms with Crippen LogP contribution in [0.25, 0.3) is 0 Å². The Morgan fingerprint density at radius 2 is 1.86 bits per heavy atom. The Kier molecular flexibility index (Phi) is 3.26. The lowest BCUT2D eigenvalue weighted by molar-refractivity contribution is -0.140. The number of benzene rings is 1. The Morgan fingerprint density at radius 1 is 1.14 bits per heavy atom. The van der Waals surface area contributed by atoms with Crippen molar-refractivity contribution in [3.8, 4) is 0 Å². The molecule has 1 aromatic carbocycles. The van der Waals surface area contributed by atoms with E-state index in [2.05, 4.69) is 22.6 Å². The van der Waals surface area contributed by atoms with Gasteiger partial charge in [-0.3, -0.25) is 4.79 Å². The molecule has 3 aliphatic rings. The standard InChI is InChI=1S/C17H21N3O/c21-17(16-13-6-7-14(16)11-18-10-13)20-15(8-9-19-20)12-4-2-1-3-5-12/h1-5,9,13-16,18H,6-8,10-11H2. The summed E-state index contributed by atoms with van der Waals surface area (Å²) in [6.07, 6.45) is 5.08. The second-order valence-corrected chi connectivity index (χ2v) is 6.42. The maximum atomic E-state index is 13.0. The molecule has 4 rings (SSSR count). The smallest absolute Gasteiger partial charge is 0.247 e. The highest BCUT2D eigenvalue weighted by Crippen LogP contribution is 2.42. The lowest BCUT2D eigenvalue weighted by Gasteiger charge is -2.33. The summed E-state index contributed by atoms with van der Waals surface area (Å²) in [7, 11) is 0. The minimum Gasteiger partial charge on any atom is -0.316 e. The number of carbonyl (C=O) groups is 1. The highest BCUT2D eigenvalue weighted by molar-refractivity contribution is 5.83. The van der Waals surface area contributed by atoms with Crippen LogP contribution in [-0.2, 0) is 4.79 Å². The van der Waals surface area contributed by atoms with Gasteiger partial charge in [-0.15, -0.1) is 0 Å². The average molecular weight is 283 g/mol. The highest BCUT2D eigenvalue weighted by Gasteiger charge is 2.46. The maximum absolute atomic E-state index is 13.0. The van der Waals surface area contributed by atoms with Gasteiger partial charge >= 0.3 is 0 Å². The molecule has 4 heteroatoms. The lowest BCUT2D eigenvalue weighted by atomic mass is 9.85. The summed E-state index contributed by atoms with van der Waals surface area (Å²) in [5, 5.41) is 9.62. The summed E-state index contributed by atoms with van der Waals surface area (Å²) < 4.78 is 0. The molecule has 1 saturated heterocycles. The minimum absolute atomic E-state index is 0.0907. The Hall–Kier alpha value is -1.68. The van der Waals surface area contributed by atoms with Crippen molar-refractivity contribution >= 4 is 12.1 Å². The lowest BCUT2D eigenvalue weighted by Crippen LogP contribution is -2.46. The van der Waals surface area contributed by atoms with Crippen LogP contribution in [0.3, 0.4) is 0 Å². The number of piperidine rings is 1. The first-order valence-electron chi connectivity index (χ1n) is 7.96. The van der Waals surface area contributed by atoms with Crippen LogP contribution in [0.1, 0.15) is 30.9 Å². The van der Waals surface area contributed by atoms with Gasteiger partial charge in [-0.2, -0.15) is 5.10 Å². The molecule has 2 heterocycles.